The highest BCUT2D eigenvalue weighted by Gasteiger charge is 2.41. The van der Waals surface area contributed by atoms with Crippen molar-refractivity contribution in [3.63, 3.8) is 0 Å². The van der Waals surface area contributed by atoms with E-state index in [1.165, 1.54) is 11.3 Å². The molecule has 0 saturated carbocycles. The lowest BCUT2D eigenvalue weighted by atomic mass is 9.78. The minimum atomic E-state index is -0.851. The molecule has 1 amide bonds. The summed E-state index contributed by atoms with van der Waals surface area (Å²) in [4.78, 5) is 18.1. The van der Waals surface area contributed by atoms with E-state index in [9.17, 15) is 9.90 Å². The van der Waals surface area contributed by atoms with Crippen molar-refractivity contribution in [2.45, 2.75) is 47.1 Å². The van der Waals surface area contributed by atoms with Crippen LogP contribution in [0.5, 0.6) is 0 Å². The van der Waals surface area contributed by atoms with E-state index in [2.05, 4.69) is 73.8 Å². The molecule has 0 radical (unpaired) electrons. The molecule has 4 rings (SSSR count). The van der Waals surface area contributed by atoms with Crippen molar-refractivity contribution in [2.24, 2.45) is 5.41 Å². The van der Waals surface area contributed by atoms with Crippen LogP contribution in [0.2, 0.25) is 0 Å². The SMILES string of the molecule is Cc1ccc2c(c1)c1c(n2C=Cc2ccc(C)nc2)CCN(C(=O)O)C1C(C)(C)C. The van der Waals surface area contributed by atoms with E-state index in [1.54, 1.807) is 4.90 Å². The van der Waals surface area contributed by atoms with Gasteiger partial charge in [0.2, 0.25) is 0 Å². The molecular weight excluding hydrogens is 374 g/mol. The van der Waals surface area contributed by atoms with Crippen molar-refractivity contribution in [1.82, 2.24) is 14.5 Å². The molecule has 1 aliphatic rings. The van der Waals surface area contributed by atoms with Gasteiger partial charge in [0.05, 0.1) is 11.6 Å². The molecule has 0 bridgehead atoms. The van der Waals surface area contributed by atoms with Crippen LogP contribution in [0, 0.1) is 19.3 Å². The fraction of sp³-hybridized carbons (Fsp3) is 0.360. The second-order valence-corrected chi connectivity index (χ2v) is 9.29. The van der Waals surface area contributed by atoms with Crippen LogP contribution in [0.4, 0.5) is 4.79 Å². The Kier molecular flexibility index (Phi) is 4.92. The normalized spacial score (nSPS) is 17.0. The van der Waals surface area contributed by atoms with Crippen LogP contribution in [-0.2, 0) is 6.42 Å². The Labute approximate surface area is 177 Å². The summed E-state index contributed by atoms with van der Waals surface area (Å²) in [6.07, 6.45) is 5.88. The molecule has 30 heavy (non-hydrogen) atoms. The molecule has 0 saturated heterocycles. The highest BCUT2D eigenvalue weighted by atomic mass is 16.4. The van der Waals surface area contributed by atoms with Gasteiger partial charge in [0, 0.05) is 47.7 Å². The molecule has 1 aromatic carbocycles. The van der Waals surface area contributed by atoms with Crippen molar-refractivity contribution in [2.75, 3.05) is 6.54 Å². The summed E-state index contributed by atoms with van der Waals surface area (Å²) in [5.74, 6) is 0. The fourth-order valence-electron chi connectivity index (χ4n) is 4.59. The topological polar surface area (TPSA) is 58.4 Å². The minimum Gasteiger partial charge on any atom is -0.465 e. The first-order chi connectivity index (χ1) is 14.2. The van der Waals surface area contributed by atoms with E-state index < -0.39 is 6.09 Å². The van der Waals surface area contributed by atoms with Gasteiger partial charge in [0.25, 0.3) is 0 Å². The Morgan fingerprint density at radius 1 is 1.20 bits per heavy atom. The third-order valence-electron chi connectivity index (χ3n) is 5.89. The Morgan fingerprint density at radius 2 is 1.97 bits per heavy atom. The van der Waals surface area contributed by atoms with Crippen LogP contribution < -0.4 is 0 Å². The molecule has 0 spiro atoms. The Hall–Kier alpha value is -3.08. The van der Waals surface area contributed by atoms with Crippen LogP contribution in [0.1, 0.15) is 54.9 Å². The number of pyridine rings is 1. The van der Waals surface area contributed by atoms with Gasteiger partial charge in [0.1, 0.15) is 0 Å². The van der Waals surface area contributed by atoms with E-state index in [-0.39, 0.29) is 11.5 Å². The maximum atomic E-state index is 12.1. The summed E-state index contributed by atoms with van der Waals surface area (Å²) in [6, 6.07) is 10.3. The quantitative estimate of drug-likeness (QED) is 0.579. The lowest BCUT2D eigenvalue weighted by Crippen LogP contribution is -2.44. The average Bonchev–Trinajstić information content (AvgIpc) is 2.99. The lowest BCUT2D eigenvalue weighted by Gasteiger charge is -2.42. The number of fused-ring (bicyclic) bond motifs is 3. The molecule has 1 N–H and O–H groups in total. The predicted octanol–water partition coefficient (Wildman–Crippen LogP) is 5.90. The van der Waals surface area contributed by atoms with Crippen molar-refractivity contribution in [3.8, 4) is 0 Å². The number of hydrogen-bond acceptors (Lipinski definition) is 2. The van der Waals surface area contributed by atoms with Crippen LogP contribution in [-0.4, -0.2) is 32.2 Å². The van der Waals surface area contributed by atoms with E-state index in [0.717, 1.165) is 27.7 Å². The van der Waals surface area contributed by atoms with Crippen LogP contribution >= 0.6 is 0 Å². The molecule has 5 nitrogen and oxygen atoms in total. The second-order valence-electron chi connectivity index (χ2n) is 9.29. The predicted molar refractivity (Wildman–Crippen MR) is 122 cm³/mol. The van der Waals surface area contributed by atoms with Gasteiger partial charge >= 0.3 is 6.09 Å². The third kappa shape index (κ3) is 3.49. The Morgan fingerprint density at radius 3 is 2.60 bits per heavy atom. The monoisotopic (exact) mass is 403 g/mol. The minimum absolute atomic E-state index is 0.196. The number of carboxylic acid groups (broad SMARTS) is 1. The van der Waals surface area contributed by atoms with Gasteiger partial charge in [-0.3, -0.25) is 4.98 Å². The number of rotatable bonds is 2. The largest absolute Gasteiger partial charge is 0.465 e. The van der Waals surface area contributed by atoms with Gasteiger partial charge < -0.3 is 14.6 Å². The van der Waals surface area contributed by atoms with Gasteiger partial charge in [-0.15, -0.1) is 0 Å². The molecule has 3 heterocycles. The Bertz CT molecular complexity index is 1130. The number of aromatic nitrogens is 2. The summed E-state index contributed by atoms with van der Waals surface area (Å²) >= 11 is 0. The first-order valence-corrected chi connectivity index (χ1v) is 10.4. The first kappa shape index (κ1) is 20.2. The number of amides is 1. The summed E-state index contributed by atoms with van der Waals surface area (Å²) in [5.41, 5.74) is 6.44. The maximum absolute atomic E-state index is 12.1. The van der Waals surface area contributed by atoms with Gasteiger partial charge in [-0.1, -0.05) is 38.5 Å². The van der Waals surface area contributed by atoms with Gasteiger partial charge in [0.15, 0.2) is 0 Å². The molecule has 3 aromatic rings. The highest BCUT2D eigenvalue weighted by molar-refractivity contribution is 5.90. The zero-order chi connectivity index (χ0) is 21.6. The van der Waals surface area contributed by atoms with Gasteiger partial charge in [-0.2, -0.15) is 0 Å². The van der Waals surface area contributed by atoms with Crippen molar-refractivity contribution >= 4 is 29.3 Å². The van der Waals surface area contributed by atoms with Crippen LogP contribution in [0.3, 0.4) is 0 Å². The number of benzene rings is 1. The summed E-state index contributed by atoms with van der Waals surface area (Å²) in [5, 5.41) is 11.0. The zero-order valence-corrected chi connectivity index (χ0v) is 18.3. The number of aryl methyl sites for hydroxylation is 2. The smallest absolute Gasteiger partial charge is 0.407 e. The number of carbonyl (C=O) groups is 1. The van der Waals surface area contributed by atoms with Crippen LogP contribution in [0.15, 0.2) is 36.5 Å². The Balaban J connectivity index is 1.94. The van der Waals surface area contributed by atoms with E-state index in [1.807, 2.05) is 19.2 Å². The molecule has 0 fully saturated rings. The number of hydrogen-bond donors (Lipinski definition) is 1. The maximum Gasteiger partial charge on any atom is 0.407 e. The van der Waals surface area contributed by atoms with Crippen molar-refractivity contribution in [1.29, 1.82) is 0 Å². The van der Waals surface area contributed by atoms with Gasteiger partial charge in [-0.25, -0.2) is 4.79 Å². The molecule has 1 unspecified atom stereocenters. The van der Waals surface area contributed by atoms with Crippen molar-refractivity contribution in [3.05, 3.63) is 64.6 Å². The third-order valence-corrected chi connectivity index (χ3v) is 5.89. The standard InChI is InChI=1S/C25H29N3O2/c1-16-6-9-20-19(14-16)22-21(11-13-28(24(29)30)23(22)25(3,4)5)27(20)12-10-18-8-7-17(2)26-15-18/h6-10,12,14-15,23H,11,13H2,1-5H3,(H,29,30). The average molecular weight is 404 g/mol. The zero-order valence-electron chi connectivity index (χ0n) is 18.3. The molecule has 0 aliphatic carbocycles. The van der Waals surface area contributed by atoms with Gasteiger partial charge in [-0.05, 0) is 49.1 Å². The van der Waals surface area contributed by atoms with E-state index in [0.29, 0.717) is 13.0 Å². The van der Waals surface area contributed by atoms with E-state index in [4.69, 9.17) is 0 Å². The summed E-state index contributed by atoms with van der Waals surface area (Å²) in [6.45, 7) is 10.9. The van der Waals surface area contributed by atoms with Crippen molar-refractivity contribution < 1.29 is 9.90 Å². The summed E-state index contributed by atoms with van der Waals surface area (Å²) in [7, 11) is 0. The molecule has 1 atom stereocenters. The first-order valence-electron chi connectivity index (χ1n) is 10.4. The molecular formula is C25H29N3O2. The molecule has 1 aliphatic heterocycles. The number of nitrogens with zero attached hydrogens (tertiary/aromatic N) is 3. The molecule has 5 heteroatoms. The lowest BCUT2D eigenvalue weighted by molar-refractivity contribution is 0.0762. The van der Waals surface area contributed by atoms with Crippen LogP contribution in [0.25, 0.3) is 23.2 Å². The molecule has 2 aromatic heterocycles. The molecule has 156 valence electrons. The highest BCUT2D eigenvalue weighted by Crippen LogP contribution is 2.46. The second kappa shape index (κ2) is 7.31. The summed E-state index contributed by atoms with van der Waals surface area (Å²) < 4.78 is 2.24. The fourth-order valence-corrected chi connectivity index (χ4v) is 4.59. The van der Waals surface area contributed by atoms with E-state index >= 15 is 0 Å².